The van der Waals surface area contributed by atoms with Gasteiger partial charge in [-0.2, -0.15) is 0 Å². The minimum atomic E-state index is -0.598. The first-order valence-electron chi connectivity index (χ1n) is 34.1. The molecule has 4 aromatic carbocycles. The van der Waals surface area contributed by atoms with Crippen LogP contribution in [-0.4, -0.2) is 64.5 Å². The van der Waals surface area contributed by atoms with Gasteiger partial charge in [0, 0.05) is 0 Å². The van der Waals surface area contributed by atoms with E-state index in [-0.39, 0.29) is 50.1 Å². The van der Waals surface area contributed by atoms with Crippen LogP contribution in [0.5, 0.6) is 0 Å². The van der Waals surface area contributed by atoms with Crippen LogP contribution < -0.4 is 18.3 Å². The van der Waals surface area contributed by atoms with Gasteiger partial charge in [-0.05, 0) is 325 Å². The van der Waals surface area contributed by atoms with Crippen LogP contribution in [0.3, 0.4) is 0 Å². The minimum Gasteiger partial charge on any atom is -0.457 e. The number of rotatable bonds is 16. The Morgan fingerprint density at radius 1 is 0.292 bits per heavy atom. The summed E-state index contributed by atoms with van der Waals surface area (Å²) in [5.41, 5.74) is 28.2. The van der Waals surface area contributed by atoms with Crippen molar-refractivity contribution < 1.29 is 56.4 Å². The van der Waals surface area contributed by atoms with Crippen molar-refractivity contribution in [3.63, 3.8) is 0 Å². The van der Waals surface area contributed by atoms with Crippen molar-refractivity contribution in [2.45, 2.75) is 267 Å². The highest BCUT2D eigenvalue weighted by molar-refractivity contribution is 5.71. The molecule has 16 heteroatoms. The van der Waals surface area contributed by atoms with Crippen molar-refractivity contribution in [2.75, 3.05) is 0 Å². The van der Waals surface area contributed by atoms with Gasteiger partial charge < -0.3 is 18.9 Å². The maximum Gasteiger partial charge on any atom is 0.349 e. The Labute approximate surface area is 570 Å². The van der Waals surface area contributed by atoms with Crippen molar-refractivity contribution in [3.8, 4) is 0 Å². The van der Waals surface area contributed by atoms with Gasteiger partial charge in [0.2, 0.25) is 25.3 Å². The average Bonchev–Trinajstić information content (AvgIpc) is 0.825. The summed E-state index contributed by atoms with van der Waals surface area (Å²) in [6.07, 6.45) is 26.9. The predicted octanol–water partition coefficient (Wildman–Crippen LogP) is 12.0. The van der Waals surface area contributed by atoms with Gasteiger partial charge in [-0.1, -0.05) is 0 Å². The monoisotopic (exact) mass is 1310 g/mol. The molecule has 512 valence electrons. The summed E-state index contributed by atoms with van der Waals surface area (Å²) >= 11 is 0. The number of fused-ring (bicyclic) bond motifs is 8. The summed E-state index contributed by atoms with van der Waals surface area (Å²) < 4.78 is 39.4. The van der Waals surface area contributed by atoms with Crippen molar-refractivity contribution in [3.05, 3.63) is 208 Å². The van der Waals surface area contributed by atoms with Crippen LogP contribution in [0, 0.1) is 83.1 Å². The predicted molar refractivity (Wildman–Crippen MR) is 372 cm³/mol. The molecule has 8 bridgehead atoms. The highest BCUT2D eigenvalue weighted by Gasteiger charge is 2.31. The van der Waals surface area contributed by atoms with Crippen molar-refractivity contribution in [2.24, 2.45) is 0 Å². The van der Waals surface area contributed by atoms with Crippen LogP contribution in [-0.2, 0) is 116 Å². The largest absolute Gasteiger partial charge is 0.457 e. The van der Waals surface area contributed by atoms with Crippen LogP contribution >= 0.6 is 0 Å². The molecule has 0 radical (unpaired) electrons. The molecule has 1 aliphatic rings. The Kier molecular flexibility index (Phi) is 20.7. The second-order valence-corrected chi connectivity index (χ2v) is 31.3. The summed E-state index contributed by atoms with van der Waals surface area (Å²) in [6, 6.07) is 0. The van der Waals surface area contributed by atoms with E-state index in [0.717, 1.165) is 0 Å². The van der Waals surface area contributed by atoms with Gasteiger partial charge in [-0.25, -0.2) is 55.7 Å². The molecule has 0 N–H and O–H groups in total. The summed E-state index contributed by atoms with van der Waals surface area (Å²) in [5, 5.41) is 0. The molecule has 9 rings (SSSR count). The molecule has 96 heavy (non-hydrogen) atoms. The fraction of sp³-hybridized carbons (Fsp3) is 0.500. The molecule has 0 aliphatic heterocycles. The van der Waals surface area contributed by atoms with Crippen molar-refractivity contribution >= 4 is 23.9 Å². The zero-order chi connectivity index (χ0) is 70.6. The number of nitrogens with zero attached hydrogens (tertiary/aromatic N) is 8. The number of esters is 4. The van der Waals surface area contributed by atoms with Gasteiger partial charge in [0.05, 0.1) is 0 Å². The van der Waals surface area contributed by atoms with E-state index in [0.29, 0.717) is 51.9 Å². The Balaban J connectivity index is 1.28. The third-order valence-electron chi connectivity index (χ3n) is 19.6. The topological polar surface area (TPSA) is 140 Å². The van der Waals surface area contributed by atoms with Gasteiger partial charge in [0.25, 0.3) is 0 Å². The minimum absolute atomic E-state index is 0.105. The van der Waals surface area contributed by atoms with Gasteiger partial charge in [-0.3, -0.25) is 0 Å². The second kappa shape index (κ2) is 27.6. The third kappa shape index (κ3) is 16.7. The number of carbonyl (C=O) groups excluding carboxylic acids is 4. The number of carbonyl (C=O) groups is 4. The first kappa shape index (κ1) is 71.9. The molecular weight excluding hydrogens is 1200 g/mol. The van der Waals surface area contributed by atoms with Crippen LogP contribution in [0.25, 0.3) is 0 Å². The van der Waals surface area contributed by atoms with E-state index in [1.54, 1.807) is 0 Å². The Bertz CT molecular complexity index is 3670. The maximum absolute atomic E-state index is 13.2. The van der Waals surface area contributed by atoms with Crippen LogP contribution in [0.15, 0.2) is 74.9 Å². The summed E-state index contributed by atoms with van der Waals surface area (Å²) in [5.74, 6) is -1.14. The average molecular weight is 1310 g/mol. The first-order valence-corrected chi connectivity index (χ1v) is 34.1. The van der Waals surface area contributed by atoms with Crippen LogP contribution in [0.4, 0.5) is 0 Å². The van der Waals surface area contributed by atoms with Gasteiger partial charge in [-0.15, -0.1) is 0 Å². The SMILES string of the molecule is Cc1c2c(C)c(C[n+]3ccn(CC(=O)OC(C)(C)C)c3)c(C)c1Cc1c(C)c(c(C)c(C[n+]3ccn(CC(=O)OC(C)(C)C)c3)c1C)Cc1c(C)c(c(C)c(C[n+]3ccn(CC(=O)OC(C)(C)C)c3)c1C)Cc1c(C)c(c(C)c(C[n+]3ccn(CC(=O)OC(C)(C)C)c3)c1C)C2. The van der Waals surface area contributed by atoms with Gasteiger partial charge in [0.1, 0.15) is 98.2 Å². The zero-order valence-corrected chi connectivity index (χ0v) is 62.3. The number of benzene rings is 4. The van der Waals surface area contributed by atoms with E-state index in [1.165, 1.54) is 134 Å². The molecule has 16 nitrogen and oxygen atoms in total. The molecule has 0 spiro atoms. The number of hydrogen-bond donors (Lipinski definition) is 0. The van der Waals surface area contributed by atoms with E-state index in [9.17, 15) is 19.2 Å². The summed E-state index contributed by atoms with van der Waals surface area (Å²) in [4.78, 5) is 52.8. The highest BCUT2D eigenvalue weighted by atomic mass is 16.6. The summed E-state index contributed by atoms with van der Waals surface area (Å²) in [6.45, 7) is 53.4. The smallest absolute Gasteiger partial charge is 0.349 e. The zero-order valence-electron chi connectivity index (χ0n) is 62.3. The first-order chi connectivity index (χ1) is 44.6. The molecule has 0 saturated heterocycles. The standard InChI is InChI=1S/C80H108N8O8/c1-49-61-33-63-50(2)65(57(9)70(55(63)7)38-82-26-30-86(46-82)42-74(90)94-78(16,17)18)35-67-52(4)68(60(12)72(59(67)11)40-84-28-32-88(48-84)44-76(92)96-80(22,23)24)36-66-51(3)64(56(8)71(58(66)10)39-83-27-31-87(47-83)43-75(91)95-79(19,20)21)34-62(49)54(6)69(53(61)5)37-81-25-29-85(45-81)41-73(89)93-77(13,14)15/h25-32,45-48H,33-44H2,1-24H3/q+4. The Hall–Kier alpha value is -8.40. The molecule has 0 amide bonds. The number of aromatic nitrogens is 8. The Morgan fingerprint density at radius 2 is 0.448 bits per heavy atom. The number of ether oxygens (including phenoxy) is 4. The molecule has 8 aromatic rings. The lowest BCUT2D eigenvalue weighted by molar-refractivity contribution is -0.688. The fourth-order valence-corrected chi connectivity index (χ4v) is 14.7. The molecule has 0 unspecified atom stereocenters. The quantitative estimate of drug-likeness (QED) is 0.0529. The van der Waals surface area contributed by atoms with E-state index >= 15 is 0 Å². The van der Waals surface area contributed by atoms with E-state index in [2.05, 4.69) is 126 Å². The molecule has 4 heterocycles. The molecule has 0 saturated carbocycles. The fourth-order valence-electron chi connectivity index (χ4n) is 14.7. The molecule has 0 fully saturated rings. The van der Waals surface area contributed by atoms with Crippen molar-refractivity contribution in [1.82, 2.24) is 18.3 Å². The van der Waals surface area contributed by atoms with Gasteiger partial charge >= 0.3 is 23.9 Å². The second-order valence-electron chi connectivity index (χ2n) is 31.3. The lowest BCUT2D eigenvalue weighted by Crippen LogP contribution is -2.34. The lowest BCUT2D eigenvalue weighted by Gasteiger charge is -2.29. The molecule has 1 aliphatic carbocycles. The number of hydrogen-bond acceptors (Lipinski definition) is 8. The van der Waals surface area contributed by atoms with Crippen molar-refractivity contribution in [1.29, 1.82) is 0 Å². The summed E-state index contributed by atoms with van der Waals surface area (Å²) in [7, 11) is 0. The molecule has 0 atom stereocenters. The van der Waals surface area contributed by atoms with Crippen LogP contribution in [0.1, 0.15) is 217 Å². The molecular formula is C80H108N8O8+4. The highest BCUT2D eigenvalue weighted by Crippen LogP contribution is 2.41. The molecule has 4 aromatic heterocycles. The third-order valence-corrected chi connectivity index (χ3v) is 19.6. The van der Waals surface area contributed by atoms with E-state index < -0.39 is 22.4 Å². The van der Waals surface area contributed by atoms with Crippen LogP contribution in [0.2, 0.25) is 0 Å². The normalized spacial score (nSPS) is 12.9. The Morgan fingerprint density at radius 3 is 0.594 bits per heavy atom. The van der Waals surface area contributed by atoms with E-state index in [1.807, 2.05) is 151 Å². The lowest BCUT2D eigenvalue weighted by atomic mass is 9.76. The van der Waals surface area contributed by atoms with E-state index in [4.69, 9.17) is 18.9 Å². The maximum atomic E-state index is 13.2. The number of imidazole rings is 4. The van der Waals surface area contributed by atoms with Gasteiger partial charge in [0.15, 0.2) is 26.2 Å².